The van der Waals surface area contributed by atoms with Gasteiger partial charge in [0, 0.05) is 6.92 Å². The minimum atomic E-state index is -4.05. The standard InChI is InChI=1S/C6H12O5S.C2H5NO.C2H2/c1-2-4-11-6(7)3-5-12(8,9)10;1-2(3)4;1-2/h2-5H2,1H3,(H,8,9,10);1H3,(H2,3,4);1-2H. The summed E-state index contributed by atoms with van der Waals surface area (Å²) in [6.07, 6.45) is 8.40. The van der Waals surface area contributed by atoms with Gasteiger partial charge in [0.05, 0.1) is 18.8 Å². The van der Waals surface area contributed by atoms with Gasteiger partial charge in [0.2, 0.25) is 5.91 Å². The highest BCUT2D eigenvalue weighted by Gasteiger charge is 2.09. The van der Waals surface area contributed by atoms with Crippen molar-refractivity contribution in [2.24, 2.45) is 5.73 Å². The smallest absolute Gasteiger partial charge is 0.306 e. The maximum Gasteiger partial charge on any atom is 0.306 e. The van der Waals surface area contributed by atoms with E-state index in [1.54, 1.807) is 0 Å². The van der Waals surface area contributed by atoms with Crippen LogP contribution in [-0.4, -0.2) is 37.2 Å². The molecule has 0 fully saturated rings. The summed E-state index contributed by atoms with van der Waals surface area (Å²) in [5, 5.41) is 0. The van der Waals surface area contributed by atoms with Gasteiger partial charge in [-0.25, -0.2) is 0 Å². The van der Waals surface area contributed by atoms with Gasteiger partial charge in [-0.2, -0.15) is 8.42 Å². The highest BCUT2D eigenvalue weighted by atomic mass is 32.2. The van der Waals surface area contributed by atoms with Gasteiger partial charge in [-0.3, -0.25) is 14.1 Å². The first-order chi connectivity index (χ1) is 8.19. The topological polar surface area (TPSA) is 124 Å². The van der Waals surface area contributed by atoms with Crippen molar-refractivity contribution in [1.29, 1.82) is 0 Å². The lowest BCUT2D eigenvalue weighted by atomic mass is 10.5. The summed E-state index contributed by atoms with van der Waals surface area (Å²) >= 11 is 0. The van der Waals surface area contributed by atoms with Crippen molar-refractivity contribution in [3.05, 3.63) is 0 Å². The number of primary amides is 1. The Morgan fingerprint density at radius 1 is 1.33 bits per heavy atom. The van der Waals surface area contributed by atoms with E-state index < -0.39 is 21.8 Å². The number of hydrogen-bond acceptors (Lipinski definition) is 5. The zero-order chi connectivity index (χ0) is 15.2. The first kappa shape index (κ1) is 21.7. The second-order valence-corrected chi connectivity index (χ2v) is 4.44. The Hall–Kier alpha value is -1.59. The average molecular weight is 281 g/mol. The summed E-state index contributed by atoms with van der Waals surface area (Å²) in [6, 6.07) is 0. The number of terminal acetylenes is 1. The monoisotopic (exact) mass is 281 g/mol. The first-order valence-corrected chi connectivity index (χ1v) is 6.50. The van der Waals surface area contributed by atoms with E-state index >= 15 is 0 Å². The van der Waals surface area contributed by atoms with E-state index in [2.05, 4.69) is 23.3 Å². The molecule has 0 unspecified atom stereocenters. The van der Waals surface area contributed by atoms with E-state index in [0.717, 1.165) is 0 Å². The zero-order valence-electron chi connectivity index (χ0n) is 10.5. The molecular formula is C10H19NO6S. The van der Waals surface area contributed by atoms with Gasteiger partial charge in [0.1, 0.15) is 0 Å². The summed E-state index contributed by atoms with van der Waals surface area (Å²) < 4.78 is 33.1. The molecule has 7 nitrogen and oxygen atoms in total. The summed E-state index contributed by atoms with van der Waals surface area (Å²) in [5.74, 6) is -1.51. The molecule has 0 saturated heterocycles. The third-order valence-corrected chi connectivity index (χ3v) is 1.75. The fraction of sp³-hybridized carbons (Fsp3) is 0.600. The molecule has 106 valence electrons. The number of hydrogen-bond donors (Lipinski definition) is 2. The molecule has 18 heavy (non-hydrogen) atoms. The van der Waals surface area contributed by atoms with Crippen LogP contribution in [-0.2, 0) is 24.4 Å². The molecule has 0 radical (unpaired) electrons. The number of rotatable bonds is 5. The van der Waals surface area contributed by atoms with Gasteiger partial charge in [-0.1, -0.05) is 6.92 Å². The maximum absolute atomic E-state index is 10.7. The van der Waals surface area contributed by atoms with Crippen LogP contribution in [0.15, 0.2) is 0 Å². The van der Waals surface area contributed by atoms with Crippen LogP contribution in [0.1, 0.15) is 26.7 Å². The van der Waals surface area contributed by atoms with Gasteiger partial charge in [-0.15, -0.1) is 12.8 Å². The van der Waals surface area contributed by atoms with Gasteiger partial charge < -0.3 is 10.5 Å². The summed E-state index contributed by atoms with van der Waals surface area (Å²) in [6.45, 7) is 3.42. The fourth-order valence-electron chi connectivity index (χ4n) is 0.500. The van der Waals surface area contributed by atoms with Crippen molar-refractivity contribution in [1.82, 2.24) is 0 Å². The molecule has 0 aliphatic carbocycles. The second-order valence-electron chi connectivity index (χ2n) is 2.87. The van der Waals surface area contributed by atoms with Crippen LogP contribution in [0.4, 0.5) is 0 Å². The Morgan fingerprint density at radius 2 is 1.72 bits per heavy atom. The number of amides is 1. The SMILES string of the molecule is C#C.CC(N)=O.CCCOC(=O)CCS(=O)(=O)O. The molecule has 8 heteroatoms. The first-order valence-electron chi connectivity index (χ1n) is 4.89. The molecule has 0 aliphatic heterocycles. The van der Waals surface area contributed by atoms with Crippen LogP contribution < -0.4 is 5.73 Å². The molecule has 0 aromatic rings. The number of carbonyl (C=O) groups is 2. The number of nitrogens with two attached hydrogens (primary N) is 1. The number of ether oxygens (including phenoxy) is 1. The van der Waals surface area contributed by atoms with Crippen LogP contribution in [0, 0.1) is 12.8 Å². The van der Waals surface area contributed by atoms with Crippen molar-refractivity contribution in [2.75, 3.05) is 12.4 Å². The van der Waals surface area contributed by atoms with Gasteiger partial charge in [-0.05, 0) is 6.42 Å². The minimum absolute atomic E-state index is 0.282. The zero-order valence-corrected chi connectivity index (χ0v) is 11.3. The van der Waals surface area contributed by atoms with Crippen LogP contribution in [0.5, 0.6) is 0 Å². The van der Waals surface area contributed by atoms with E-state index in [0.29, 0.717) is 6.42 Å². The van der Waals surface area contributed by atoms with Crippen molar-refractivity contribution in [3.63, 3.8) is 0 Å². The molecule has 3 N–H and O–H groups in total. The third-order valence-electron chi connectivity index (χ3n) is 1.03. The Bertz CT molecular complexity index is 343. The molecule has 0 spiro atoms. The lowest BCUT2D eigenvalue weighted by Gasteiger charge is -2.00. The van der Waals surface area contributed by atoms with E-state index in [4.69, 9.17) is 4.55 Å². The fourth-order valence-corrected chi connectivity index (χ4v) is 0.925. The van der Waals surface area contributed by atoms with Crippen LogP contribution in [0.2, 0.25) is 0 Å². The lowest BCUT2D eigenvalue weighted by Crippen LogP contribution is -2.12. The van der Waals surface area contributed by atoms with Crippen molar-refractivity contribution < 1.29 is 27.3 Å². The van der Waals surface area contributed by atoms with E-state index in [9.17, 15) is 18.0 Å². The van der Waals surface area contributed by atoms with Gasteiger partial charge in [0.25, 0.3) is 10.1 Å². The molecule has 0 aromatic heterocycles. The van der Waals surface area contributed by atoms with Crippen LogP contribution in [0.3, 0.4) is 0 Å². The molecule has 0 bridgehead atoms. The maximum atomic E-state index is 10.7. The molecule has 0 rings (SSSR count). The normalized spacial score (nSPS) is 8.94. The highest BCUT2D eigenvalue weighted by Crippen LogP contribution is 1.92. The Balaban J connectivity index is -0.000000317. The predicted molar refractivity (Wildman–Crippen MR) is 67.0 cm³/mol. The van der Waals surface area contributed by atoms with Crippen LogP contribution >= 0.6 is 0 Å². The van der Waals surface area contributed by atoms with Crippen LogP contribution in [0.25, 0.3) is 0 Å². The predicted octanol–water partition coefficient (Wildman–Crippen LogP) is -0.0415. The molecule has 1 amide bonds. The average Bonchev–Trinajstić information content (AvgIpc) is 2.24. The second kappa shape index (κ2) is 13.5. The Labute approximate surface area is 107 Å². The van der Waals surface area contributed by atoms with E-state index in [-0.39, 0.29) is 18.9 Å². The minimum Gasteiger partial charge on any atom is -0.466 e. The van der Waals surface area contributed by atoms with E-state index in [1.807, 2.05) is 6.92 Å². The Kier molecular flexibility index (Phi) is 16.2. The van der Waals surface area contributed by atoms with E-state index in [1.165, 1.54) is 6.92 Å². The van der Waals surface area contributed by atoms with Crippen molar-refractivity contribution in [2.45, 2.75) is 26.7 Å². The van der Waals surface area contributed by atoms with Crippen molar-refractivity contribution >= 4 is 22.0 Å². The summed E-state index contributed by atoms with van der Waals surface area (Å²) in [7, 11) is -4.05. The molecule has 0 saturated carbocycles. The number of carbonyl (C=O) groups excluding carboxylic acids is 2. The molecule has 0 heterocycles. The molecule has 0 aromatic carbocycles. The number of esters is 1. The molecule has 0 atom stereocenters. The summed E-state index contributed by atoms with van der Waals surface area (Å²) in [4.78, 5) is 19.9. The lowest BCUT2D eigenvalue weighted by molar-refractivity contribution is -0.143. The van der Waals surface area contributed by atoms with Gasteiger partial charge >= 0.3 is 5.97 Å². The third kappa shape index (κ3) is 36.6. The largest absolute Gasteiger partial charge is 0.466 e. The molecule has 0 aliphatic rings. The van der Waals surface area contributed by atoms with Gasteiger partial charge in [0.15, 0.2) is 0 Å². The quantitative estimate of drug-likeness (QED) is 0.414. The highest BCUT2D eigenvalue weighted by molar-refractivity contribution is 7.85. The molecular weight excluding hydrogens is 262 g/mol. The van der Waals surface area contributed by atoms with Crippen molar-refractivity contribution in [3.8, 4) is 12.8 Å². The Morgan fingerprint density at radius 3 is 2.00 bits per heavy atom. The summed E-state index contributed by atoms with van der Waals surface area (Å²) in [5.41, 5.74) is 4.47.